The molecule has 0 spiro atoms. The Morgan fingerprint density at radius 1 is 1.18 bits per heavy atom. The minimum Gasteiger partial charge on any atom is -0.421 e. The number of nitrogen functional groups attached to an aromatic ring is 1. The predicted molar refractivity (Wildman–Crippen MR) is 171 cm³/mol. The molecule has 0 radical (unpaired) electrons. The Balaban J connectivity index is 1.54. The van der Waals surface area contributed by atoms with E-state index in [1.807, 2.05) is 25.4 Å². The molecule has 0 saturated carbocycles. The van der Waals surface area contributed by atoms with Gasteiger partial charge in [-0.05, 0) is 48.4 Å². The van der Waals surface area contributed by atoms with Crippen LogP contribution in [-0.2, 0) is 18.4 Å². The molecule has 0 bridgehead atoms. The van der Waals surface area contributed by atoms with E-state index in [1.54, 1.807) is 42.2 Å². The van der Waals surface area contributed by atoms with Crippen LogP contribution in [-0.4, -0.2) is 30.6 Å². The molecule has 4 heterocycles. The van der Waals surface area contributed by atoms with E-state index in [0.717, 1.165) is 21.4 Å². The van der Waals surface area contributed by atoms with E-state index in [2.05, 4.69) is 38.0 Å². The Kier molecular flexibility index (Phi) is 7.76. The van der Waals surface area contributed by atoms with Gasteiger partial charge in [0.25, 0.3) is 0 Å². The first-order valence-corrected chi connectivity index (χ1v) is 14.5. The average molecular weight is 617 g/mol. The molecule has 1 amide bonds. The number of hydrogen-bond acceptors (Lipinski definition) is 9. The fourth-order valence-electron chi connectivity index (χ4n) is 4.92. The third-order valence-corrected chi connectivity index (χ3v) is 8.31. The number of rotatable bonds is 8. The van der Waals surface area contributed by atoms with Gasteiger partial charge in [-0.15, -0.1) is 11.3 Å². The zero-order valence-electron chi connectivity index (χ0n) is 24.2. The smallest absolute Gasteiger partial charge is 0.322 e. The molecule has 4 aromatic heterocycles. The first-order valence-electron chi connectivity index (χ1n) is 13.7. The Labute approximate surface area is 261 Å². The number of nitriles is 1. The highest BCUT2D eigenvalue weighted by Gasteiger charge is 2.24. The van der Waals surface area contributed by atoms with Crippen LogP contribution in [0.5, 0.6) is 11.8 Å². The molecule has 10 nitrogen and oxygen atoms in total. The van der Waals surface area contributed by atoms with Crippen LogP contribution in [0.25, 0.3) is 42.8 Å². The van der Waals surface area contributed by atoms with Gasteiger partial charge in [-0.1, -0.05) is 24.8 Å². The number of halogens is 1. The number of aryl methyl sites for hydroxylation is 2. The number of nitrogens with two attached hydrogens (primary N) is 1. The lowest BCUT2D eigenvalue weighted by Crippen LogP contribution is -2.19. The molecule has 3 N–H and O–H groups in total. The summed E-state index contributed by atoms with van der Waals surface area (Å²) in [4.78, 5) is 25.2. The summed E-state index contributed by atoms with van der Waals surface area (Å²) in [6.45, 7) is 5.48. The first-order chi connectivity index (χ1) is 21.7. The molecule has 0 aliphatic rings. The second-order valence-corrected chi connectivity index (χ2v) is 11.1. The van der Waals surface area contributed by atoms with Crippen LogP contribution in [0.4, 0.5) is 10.2 Å². The van der Waals surface area contributed by atoms with Gasteiger partial charge in [-0.25, -0.2) is 19.3 Å². The molecule has 0 atom stereocenters. The number of pyridine rings is 1. The highest BCUT2D eigenvalue weighted by atomic mass is 32.1. The number of fused-ring (bicyclic) bond motifs is 1. The lowest BCUT2D eigenvalue weighted by Gasteiger charge is -2.12. The standard InChI is InChI=1S/C33H25FN8O2S/c1-4-27(43)38-14-19-5-7-23(21(11-19)13-35)30-28(20-6-8-26(25(34)12-20)44-33-37-10-9-18(2)41-33)29-31(45-30)24(16-39-32(29)36)22-15-40-42(3)17-22/h4-12,15-17H,1,14H2,2-3H3,(H2,36,39)(H,38,43). The second-order valence-electron chi connectivity index (χ2n) is 10.1. The van der Waals surface area contributed by atoms with Crippen LogP contribution in [0.1, 0.15) is 16.8 Å². The van der Waals surface area contributed by atoms with Crippen molar-refractivity contribution in [3.63, 3.8) is 0 Å². The maximum absolute atomic E-state index is 15.7. The zero-order chi connectivity index (χ0) is 31.7. The largest absolute Gasteiger partial charge is 0.421 e. The number of carbonyl (C=O) groups is 1. The van der Waals surface area contributed by atoms with Crippen molar-refractivity contribution < 1.29 is 13.9 Å². The van der Waals surface area contributed by atoms with E-state index in [0.29, 0.717) is 38.2 Å². The quantitative estimate of drug-likeness (QED) is 0.189. The Morgan fingerprint density at radius 2 is 2.02 bits per heavy atom. The summed E-state index contributed by atoms with van der Waals surface area (Å²) in [5.41, 5.74) is 11.7. The summed E-state index contributed by atoms with van der Waals surface area (Å²) in [6, 6.07) is 14.0. The number of aromatic nitrogens is 5. The summed E-state index contributed by atoms with van der Waals surface area (Å²) < 4.78 is 23.8. The monoisotopic (exact) mass is 616 g/mol. The van der Waals surface area contributed by atoms with E-state index in [9.17, 15) is 10.1 Å². The SMILES string of the molecule is C=CC(=O)NCc1ccc(-c2sc3c(-c4cnn(C)c4)cnc(N)c3c2-c2ccc(Oc3nccc(C)n3)c(F)c2)c(C#N)c1. The summed E-state index contributed by atoms with van der Waals surface area (Å²) >= 11 is 1.42. The minimum atomic E-state index is -0.633. The molecule has 6 aromatic rings. The molecule has 2 aromatic carbocycles. The summed E-state index contributed by atoms with van der Waals surface area (Å²) in [7, 11) is 1.82. The van der Waals surface area contributed by atoms with Crippen LogP contribution in [0.15, 0.2) is 79.9 Å². The first kappa shape index (κ1) is 29.2. The van der Waals surface area contributed by atoms with Crippen molar-refractivity contribution in [2.75, 3.05) is 5.73 Å². The number of thiophene rings is 1. The number of ether oxygens (including phenoxy) is 1. The lowest BCUT2D eigenvalue weighted by molar-refractivity contribution is -0.116. The molecular formula is C33H25FN8O2S. The van der Waals surface area contributed by atoms with Crippen molar-refractivity contribution in [3.8, 4) is 50.5 Å². The van der Waals surface area contributed by atoms with Gasteiger partial charge in [0.15, 0.2) is 11.6 Å². The van der Waals surface area contributed by atoms with E-state index in [-0.39, 0.29) is 30.0 Å². The number of nitrogens with one attached hydrogen (secondary N) is 1. The van der Waals surface area contributed by atoms with E-state index >= 15 is 4.39 Å². The molecular weight excluding hydrogens is 591 g/mol. The summed E-state index contributed by atoms with van der Waals surface area (Å²) in [5.74, 6) is -0.743. The highest BCUT2D eigenvalue weighted by Crippen LogP contribution is 2.50. The fraction of sp³-hybridized carbons (Fsp3) is 0.0909. The number of nitrogens with zero attached hydrogens (tertiary/aromatic N) is 6. The number of hydrogen-bond donors (Lipinski definition) is 2. The Morgan fingerprint density at radius 3 is 2.73 bits per heavy atom. The van der Waals surface area contributed by atoms with Crippen molar-refractivity contribution in [1.82, 2.24) is 30.0 Å². The van der Waals surface area contributed by atoms with Crippen LogP contribution < -0.4 is 15.8 Å². The van der Waals surface area contributed by atoms with Crippen LogP contribution in [0, 0.1) is 24.1 Å². The second kappa shape index (κ2) is 12.0. The normalized spacial score (nSPS) is 10.9. The van der Waals surface area contributed by atoms with E-state index in [1.165, 1.54) is 35.7 Å². The molecule has 6 rings (SSSR count). The number of benzene rings is 2. The van der Waals surface area contributed by atoms with Crippen LogP contribution in [0.2, 0.25) is 0 Å². The lowest BCUT2D eigenvalue weighted by atomic mass is 9.95. The summed E-state index contributed by atoms with van der Waals surface area (Å²) in [5, 5.41) is 17.9. The number of amides is 1. The van der Waals surface area contributed by atoms with E-state index in [4.69, 9.17) is 10.5 Å². The number of carbonyl (C=O) groups excluding carboxylic acids is 1. The van der Waals surface area contributed by atoms with Crippen molar-refractivity contribution in [3.05, 3.63) is 103 Å². The molecule has 0 aliphatic heterocycles. The van der Waals surface area contributed by atoms with E-state index < -0.39 is 5.82 Å². The number of anilines is 1. The van der Waals surface area contributed by atoms with Crippen LogP contribution in [0.3, 0.4) is 0 Å². The van der Waals surface area contributed by atoms with Gasteiger partial charge in [0, 0.05) is 75.1 Å². The maximum atomic E-state index is 15.7. The highest BCUT2D eigenvalue weighted by molar-refractivity contribution is 7.23. The fourth-order valence-corrected chi connectivity index (χ4v) is 6.32. The molecule has 12 heteroatoms. The Bertz CT molecular complexity index is 2160. The van der Waals surface area contributed by atoms with Gasteiger partial charge < -0.3 is 15.8 Å². The molecule has 0 unspecified atom stereocenters. The molecule has 0 fully saturated rings. The Hall–Kier alpha value is -5.93. The predicted octanol–water partition coefficient (Wildman–Crippen LogP) is 6.32. The molecule has 0 aliphatic carbocycles. The summed E-state index contributed by atoms with van der Waals surface area (Å²) in [6.07, 6.45) is 8.02. The van der Waals surface area contributed by atoms with Gasteiger partial charge in [-0.2, -0.15) is 10.4 Å². The van der Waals surface area contributed by atoms with Gasteiger partial charge in [0.1, 0.15) is 5.82 Å². The molecule has 45 heavy (non-hydrogen) atoms. The van der Waals surface area contributed by atoms with Gasteiger partial charge in [-0.3, -0.25) is 9.48 Å². The van der Waals surface area contributed by atoms with Crippen molar-refractivity contribution in [2.24, 2.45) is 7.05 Å². The maximum Gasteiger partial charge on any atom is 0.322 e. The van der Waals surface area contributed by atoms with Crippen molar-refractivity contribution in [1.29, 1.82) is 5.26 Å². The van der Waals surface area contributed by atoms with Gasteiger partial charge in [0.05, 0.1) is 17.8 Å². The third-order valence-electron chi connectivity index (χ3n) is 7.05. The van der Waals surface area contributed by atoms with Crippen molar-refractivity contribution in [2.45, 2.75) is 13.5 Å². The minimum absolute atomic E-state index is 0.0286. The molecule has 222 valence electrons. The topological polar surface area (TPSA) is 145 Å². The van der Waals surface area contributed by atoms with Gasteiger partial charge >= 0.3 is 6.01 Å². The third kappa shape index (κ3) is 5.72. The average Bonchev–Trinajstić information content (AvgIpc) is 3.65. The van der Waals surface area contributed by atoms with Gasteiger partial charge in [0.2, 0.25) is 5.91 Å². The zero-order valence-corrected chi connectivity index (χ0v) is 25.0. The van der Waals surface area contributed by atoms with Crippen molar-refractivity contribution >= 4 is 33.1 Å². The molecule has 0 saturated heterocycles. The van der Waals surface area contributed by atoms with Crippen LogP contribution >= 0.6 is 11.3 Å².